The van der Waals surface area contributed by atoms with E-state index in [1.807, 2.05) is 17.0 Å². The molecule has 0 saturated carbocycles. The number of rotatable bonds is 4. The number of benzene rings is 1. The van der Waals surface area contributed by atoms with Crippen molar-refractivity contribution in [2.24, 2.45) is 7.05 Å². The third-order valence-electron chi connectivity index (χ3n) is 5.05. The van der Waals surface area contributed by atoms with Crippen LogP contribution < -0.4 is 15.8 Å². The number of nitrogens with one attached hydrogen (secondary N) is 1. The summed E-state index contributed by atoms with van der Waals surface area (Å²) in [5.74, 6) is 0.235. The van der Waals surface area contributed by atoms with Crippen LogP contribution >= 0.6 is 0 Å². The van der Waals surface area contributed by atoms with Gasteiger partial charge in [0.15, 0.2) is 5.82 Å². The first-order valence-corrected chi connectivity index (χ1v) is 9.15. The molecule has 3 aromatic rings. The molecule has 2 aromatic heterocycles. The van der Waals surface area contributed by atoms with E-state index in [2.05, 4.69) is 15.3 Å². The van der Waals surface area contributed by atoms with E-state index in [9.17, 15) is 9.18 Å². The molecule has 0 bridgehead atoms. The van der Waals surface area contributed by atoms with Gasteiger partial charge in [-0.15, -0.1) is 0 Å². The molecule has 140 valence electrons. The second kappa shape index (κ2) is 7.44. The van der Waals surface area contributed by atoms with Gasteiger partial charge in [-0.1, -0.05) is 6.07 Å². The maximum Gasteiger partial charge on any atom is 0.293 e. The highest BCUT2D eigenvalue weighted by Gasteiger charge is 2.23. The van der Waals surface area contributed by atoms with Crippen molar-refractivity contribution in [2.45, 2.75) is 25.4 Å². The Balaban J connectivity index is 1.49. The van der Waals surface area contributed by atoms with E-state index < -0.39 is 0 Å². The molecule has 6 nitrogen and oxygen atoms in total. The van der Waals surface area contributed by atoms with E-state index in [4.69, 9.17) is 0 Å². The number of aromatic nitrogens is 3. The van der Waals surface area contributed by atoms with Crippen LogP contribution in [0, 0.1) is 5.82 Å². The first-order chi connectivity index (χ1) is 13.1. The van der Waals surface area contributed by atoms with Crippen LogP contribution in [0.4, 0.5) is 10.2 Å². The first-order valence-electron chi connectivity index (χ1n) is 9.15. The van der Waals surface area contributed by atoms with Crippen LogP contribution in [0.2, 0.25) is 0 Å². The van der Waals surface area contributed by atoms with Gasteiger partial charge in [0, 0.05) is 56.7 Å². The molecule has 1 unspecified atom stereocenters. The van der Waals surface area contributed by atoms with Crippen molar-refractivity contribution in [1.29, 1.82) is 0 Å². The number of anilines is 1. The monoisotopic (exact) mass is 367 g/mol. The Morgan fingerprint density at radius 1 is 1.30 bits per heavy atom. The molecule has 1 aromatic carbocycles. The lowest BCUT2D eigenvalue weighted by Crippen LogP contribution is -2.47. The minimum absolute atomic E-state index is 0.0847. The highest BCUT2D eigenvalue weighted by molar-refractivity contribution is 5.81. The van der Waals surface area contributed by atoms with E-state index in [1.165, 1.54) is 12.1 Å². The van der Waals surface area contributed by atoms with Crippen molar-refractivity contribution in [3.8, 4) is 0 Å². The van der Waals surface area contributed by atoms with E-state index in [1.54, 1.807) is 30.2 Å². The van der Waals surface area contributed by atoms with Gasteiger partial charge in [0.05, 0.1) is 5.52 Å². The average Bonchev–Trinajstić information content (AvgIpc) is 2.68. The fourth-order valence-corrected chi connectivity index (χ4v) is 3.65. The number of hydrogen-bond acceptors (Lipinski definition) is 5. The molecule has 1 saturated heterocycles. The minimum atomic E-state index is -0.255. The summed E-state index contributed by atoms with van der Waals surface area (Å²) < 4.78 is 15.5. The lowest BCUT2D eigenvalue weighted by molar-refractivity contribution is 0.419. The van der Waals surface area contributed by atoms with Crippen molar-refractivity contribution in [3.63, 3.8) is 0 Å². The Morgan fingerprint density at radius 3 is 3.07 bits per heavy atom. The van der Waals surface area contributed by atoms with Gasteiger partial charge in [0.25, 0.3) is 5.56 Å². The molecule has 0 amide bonds. The highest BCUT2D eigenvalue weighted by atomic mass is 19.1. The van der Waals surface area contributed by atoms with Crippen LogP contribution in [-0.4, -0.2) is 33.7 Å². The van der Waals surface area contributed by atoms with Crippen LogP contribution in [0.3, 0.4) is 0 Å². The van der Waals surface area contributed by atoms with Crippen molar-refractivity contribution in [1.82, 2.24) is 19.9 Å². The van der Waals surface area contributed by atoms with Crippen molar-refractivity contribution in [2.75, 3.05) is 18.0 Å². The quantitative estimate of drug-likeness (QED) is 0.766. The third-order valence-corrected chi connectivity index (χ3v) is 5.05. The summed E-state index contributed by atoms with van der Waals surface area (Å²) in [7, 11) is 1.73. The average molecular weight is 367 g/mol. The summed E-state index contributed by atoms with van der Waals surface area (Å²) in [6.07, 6.45) is 7.01. The molecule has 1 fully saturated rings. The lowest BCUT2D eigenvalue weighted by Gasteiger charge is -2.33. The highest BCUT2D eigenvalue weighted by Crippen LogP contribution is 2.20. The Morgan fingerprint density at radius 2 is 2.19 bits per heavy atom. The molecular weight excluding hydrogens is 345 g/mol. The molecule has 0 radical (unpaired) electrons. The van der Waals surface area contributed by atoms with Gasteiger partial charge in [0.2, 0.25) is 0 Å². The Hall–Kier alpha value is -2.80. The van der Waals surface area contributed by atoms with Gasteiger partial charge in [-0.05, 0) is 36.6 Å². The van der Waals surface area contributed by atoms with Gasteiger partial charge in [-0.2, -0.15) is 0 Å². The van der Waals surface area contributed by atoms with Crippen molar-refractivity contribution >= 4 is 16.7 Å². The molecule has 3 heterocycles. The van der Waals surface area contributed by atoms with Crippen LogP contribution in [0.25, 0.3) is 10.9 Å². The summed E-state index contributed by atoms with van der Waals surface area (Å²) in [4.78, 5) is 23.0. The molecule has 27 heavy (non-hydrogen) atoms. The Bertz CT molecular complexity index is 1020. The fraction of sp³-hybridized carbons (Fsp3) is 0.350. The molecule has 1 aliphatic heterocycles. The predicted molar refractivity (Wildman–Crippen MR) is 103 cm³/mol. The van der Waals surface area contributed by atoms with E-state index in [-0.39, 0.29) is 17.4 Å². The summed E-state index contributed by atoms with van der Waals surface area (Å²) in [5, 5.41) is 4.31. The second-order valence-electron chi connectivity index (χ2n) is 6.97. The van der Waals surface area contributed by atoms with Crippen LogP contribution in [0.1, 0.15) is 18.4 Å². The molecule has 1 atom stereocenters. The van der Waals surface area contributed by atoms with E-state index in [0.29, 0.717) is 18.9 Å². The van der Waals surface area contributed by atoms with E-state index in [0.717, 1.165) is 35.9 Å². The zero-order valence-corrected chi connectivity index (χ0v) is 15.2. The number of fused-ring (bicyclic) bond motifs is 1. The van der Waals surface area contributed by atoms with Gasteiger partial charge in [-0.3, -0.25) is 9.78 Å². The second-order valence-corrected chi connectivity index (χ2v) is 6.97. The normalized spacial score (nSPS) is 17.4. The molecule has 0 aliphatic carbocycles. The van der Waals surface area contributed by atoms with Gasteiger partial charge >= 0.3 is 0 Å². The van der Waals surface area contributed by atoms with Gasteiger partial charge in [-0.25, -0.2) is 9.37 Å². The van der Waals surface area contributed by atoms with Crippen LogP contribution in [0.15, 0.2) is 47.7 Å². The number of halogens is 1. The number of piperidine rings is 1. The molecule has 1 aliphatic rings. The SMILES string of the molecule is Cn1ccnc(N2CCCC(NCc3cc(F)cc4cccnc34)C2)c1=O. The smallest absolute Gasteiger partial charge is 0.293 e. The number of aryl methyl sites for hydroxylation is 1. The number of hydrogen-bond donors (Lipinski definition) is 1. The zero-order chi connectivity index (χ0) is 18.8. The largest absolute Gasteiger partial charge is 0.350 e. The van der Waals surface area contributed by atoms with E-state index >= 15 is 0 Å². The molecule has 4 rings (SSSR count). The van der Waals surface area contributed by atoms with Crippen molar-refractivity contribution < 1.29 is 4.39 Å². The molecule has 1 N–H and O–H groups in total. The maximum absolute atomic E-state index is 13.9. The zero-order valence-electron chi connectivity index (χ0n) is 15.2. The van der Waals surface area contributed by atoms with Gasteiger partial charge in [0.1, 0.15) is 5.82 Å². The molecule has 0 spiro atoms. The number of pyridine rings is 1. The number of nitrogens with zero attached hydrogens (tertiary/aromatic N) is 4. The summed E-state index contributed by atoms with van der Waals surface area (Å²) in [6.45, 7) is 2.05. The Labute approximate surface area is 156 Å². The third kappa shape index (κ3) is 3.68. The van der Waals surface area contributed by atoms with Crippen LogP contribution in [0.5, 0.6) is 0 Å². The molecule has 7 heteroatoms. The van der Waals surface area contributed by atoms with Crippen LogP contribution in [-0.2, 0) is 13.6 Å². The standard InChI is InChI=1S/C20H22FN5O/c1-25-9-7-23-19(20(25)27)26-8-3-5-17(13-26)24-12-15-11-16(21)10-14-4-2-6-22-18(14)15/h2,4,6-7,9-11,17,24H,3,5,8,12-13H2,1H3. The predicted octanol–water partition coefficient (Wildman–Crippen LogP) is 2.23. The Kier molecular flexibility index (Phi) is 4.85. The summed E-state index contributed by atoms with van der Waals surface area (Å²) in [6, 6.07) is 6.93. The summed E-state index contributed by atoms with van der Waals surface area (Å²) in [5.41, 5.74) is 1.58. The summed E-state index contributed by atoms with van der Waals surface area (Å²) >= 11 is 0. The maximum atomic E-state index is 13.9. The topological polar surface area (TPSA) is 63.1 Å². The van der Waals surface area contributed by atoms with Crippen molar-refractivity contribution in [3.05, 3.63) is 64.6 Å². The fourth-order valence-electron chi connectivity index (χ4n) is 3.65. The minimum Gasteiger partial charge on any atom is -0.350 e. The van der Waals surface area contributed by atoms with Gasteiger partial charge < -0.3 is 14.8 Å². The molecular formula is C20H22FN5O. The lowest BCUT2D eigenvalue weighted by atomic mass is 10.0. The first kappa shape index (κ1) is 17.6.